The molecule has 0 spiro atoms. The zero-order chi connectivity index (χ0) is 17.6. The summed E-state index contributed by atoms with van der Waals surface area (Å²) in [5.41, 5.74) is 5.31. The number of aliphatic hydroxyl groups excluding tert-OH is 1. The predicted molar refractivity (Wildman–Crippen MR) is 83.8 cm³/mol. The molecule has 0 saturated heterocycles. The third-order valence-corrected chi connectivity index (χ3v) is 4.24. The van der Waals surface area contributed by atoms with Crippen molar-refractivity contribution in [3.63, 3.8) is 0 Å². The van der Waals surface area contributed by atoms with Crippen LogP contribution < -0.4 is 15.2 Å². The van der Waals surface area contributed by atoms with Gasteiger partial charge in [0.2, 0.25) is 10.0 Å². The maximum Gasteiger partial charge on any atom is 0.405 e. The number of carbonyl (C=O) groups is 1. The Morgan fingerprint density at radius 3 is 2.57 bits per heavy atom. The van der Waals surface area contributed by atoms with E-state index in [0.717, 1.165) is 6.26 Å². The summed E-state index contributed by atoms with van der Waals surface area (Å²) in [5.74, 6) is 0.347. The van der Waals surface area contributed by atoms with Gasteiger partial charge in [0.25, 0.3) is 0 Å². The number of benzene rings is 1. The van der Waals surface area contributed by atoms with Crippen LogP contribution in [0.4, 0.5) is 10.5 Å². The number of sulfonamides is 1. The van der Waals surface area contributed by atoms with Gasteiger partial charge >= 0.3 is 6.09 Å². The summed E-state index contributed by atoms with van der Waals surface area (Å²) in [6, 6.07) is 3.04. The van der Waals surface area contributed by atoms with E-state index in [0.29, 0.717) is 22.6 Å². The second kappa shape index (κ2) is 5.57. The fourth-order valence-electron chi connectivity index (χ4n) is 2.49. The van der Waals surface area contributed by atoms with Gasteiger partial charge in [-0.1, -0.05) is 0 Å². The predicted octanol–water partition coefficient (Wildman–Crippen LogP) is 1.03. The van der Waals surface area contributed by atoms with Gasteiger partial charge in [-0.2, -0.15) is 0 Å². The fraction of sp³-hybridized carbons (Fsp3) is 0.500. The van der Waals surface area contributed by atoms with E-state index in [1.54, 1.807) is 20.8 Å². The van der Waals surface area contributed by atoms with Gasteiger partial charge in [-0.3, -0.25) is 4.72 Å². The molecule has 1 amide bonds. The van der Waals surface area contributed by atoms with Crippen molar-refractivity contribution in [2.75, 3.05) is 11.0 Å². The van der Waals surface area contributed by atoms with E-state index in [4.69, 9.17) is 15.2 Å². The molecule has 23 heavy (non-hydrogen) atoms. The number of fused-ring (bicyclic) bond motifs is 1. The lowest BCUT2D eigenvalue weighted by Crippen LogP contribution is -2.50. The number of primary amides is 1. The maximum atomic E-state index is 11.4. The van der Waals surface area contributed by atoms with Crippen molar-refractivity contribution < 1.29 is 27.8 Å². The molecule has 128 valence electrons. The van der Waals surface area contributed by atoms with E-state index in [-0.39, 0.29) is 0 Å². The number of nitrogens with two attached hydrogens (primary N) is 1. The number of ether oxygens (including phenoxy) is 2. The Labute approximate surface area is 134 Å². The Kier molecular flexibility index (Phi) is 4.20. The van der Waals surface area contributed by atoms with Gasteiger partial charge in [0, 0.05) is 11.1 Å². The van der Waals surface area contributed by atoms with E-state index in [2.05, 4.69) is 4.72 Å². The summed E-state index contributed by atoms with van der Waals surface area (Å²) in [7, 11) is -3.46. The molecule has 1 aliphatic rings. The van der Waals surface area contributed by atoms with Gasteiger partial charge < -0.3 is 20.3 Å². The first-order valence-electron chi connectivity index (χ1n) is 6.87. The molecule has 0 fully saturated rings. The van der Waals surface area contributed by atoms with E-state index in [9.17, 15) is 18.3 Å². The summed E-state index contributed by atoms with van der Waals surface area (Å²) >= 11 is 0. The SMILES string of the molecule is Cc1c(NS(C)(=O)=O)ccc2c1OC(C)(C)C(O)[C@H]2OC(N)=O. The standard InChI is InChI=1S/C14H20N2O6S/c1-7-9(16-23(4,19)20)6-5-8-10(7)22-14(2,3)12(17)11(8)21-13(15)18/h5-6,11-12,16-17H,1-4H3,(H2,15,18)/t11-,12?/m0/s1. The van der Waals surface area contributed by atoms with Crippen LogP contribution in [-0.2, 0) is 14.8 Å². The molecule has 2 rings (SSSR count). The van der Waals surface area contributed by atoms with Gasteiger partial charge in [-0.15, -0.1) is 0 Å². The smallest absolute Gasteiger partial charge is 0.405 e. The molecule has 1 aromatic rings. The number of nitrogens with one attached hydrogen (secondary N) is 1. The van der Waals surface area contributed by atoms with Crippen molar-refractivity contribution in [2.24, 2.45) is 5.73 Å². The van der Waals surface area contributed by atoms with Crippen LogP contribution in [-0.4, -0.2) is 37.6 Å². The minimum absolute atomic E-state index is 0.344. The number of amides is 1. The van der Waals surface area contributed by atoms with Crippen molar-refractivity contribution in [3.8, 4) is 5.75 Å². The molecular formula is C14H20N2O6S. The topological polar surface area (TPSA) is 128 Å². The number of hydrogen-bond acceptors (Lipinski definition) is 6. The Balaban J connectivity index is 2.57. The molecular weight excluding hydrogens is 324 g/mol. The summed E-state index contributed by atoms with van der Waals surface area (Å²) in [6.07, 6.45) is -2.11. The minimum Gasteiger partial charge on any atom is -0.484 e. The minimum atomic E-state index is -3.46. The van der Waals surface area contributed by atoms with Gasteiger partial charge in [-0.25, -0.2) is 13.2 Å². The summed E-state index contributed by atoms with van der Waals surface area (Å²) < 4.78 is 36.1. The molecule has 0 aromatic heterocycles. The highest BCUT2D eigenvalue weighted by molar-refractivity contribution is 7.92. The zero-order valence-corrected chi connectivity index (χ0v) is 14.1. The van der Waals surface area contributed by atoms with E-state index >= 15 is 0 Å². The number of carbonyl (C=O) groups excluding carboxylic acids is 1. The molecule has 1 aromatic carbocycles. The molecule has 0 bridgehead atoms. The first kappa shape index (κ1) is 17.4. The van der Waals surface area contributed by atoms with E-state index < -0.39 is 33.9 Å². The highest BCUT2D eigenvalue weighted by atomic mass is 32.2. The van der Waals surface area contributed by atoms with Crippen molar-refractivity contribution in [1.82, 2.24) is 0 Å². The average molecular weight is 344 g/mol. The second-order valence-corrected chi connectivity index (χ2v) is 7.79. The Bertz CT molecular complexity index is 744. The van der Waals surface area contributed by atoms with Crippen LogP contribution in [0.2, 0.25) is 0 Å². The van der Waals surface area contributed by atoms with Crippen molar-refractivity contribution in [3.05, 3.63) is 23.3 Å². The van der Waals surface area contributed by atoms with Crippen LogP contribution >= 0.6 is 0 Å². The molecule has 1 heterocycles. The molecule has 9 heteroatoms. The Morgan fingerprint density at radius 1 is 1.43 bits per heavy atom. The third-order valence-electron chi connectivity index (χ3n) is 3.65. The van der Waals surface area contributed by atoms with Crippen molar-refractivity contribution in [1.29, 1.82) is 0 Å². The fourth-order valence-corrected chi connectivity index (χ4v) is 3.11. The first-order chi connectivity index (χ1) is 10.4. The Morgan fingerprint density at radius 2 is 2.04 bits per heavy atom. The highest BCUT2D eigenvalue weighted by Crippen LogP contribution is 2.45. The number of hydrogen-bond donors (Lipinski definition) is 3. The van der Waals surface area contributed by atoms with E-state index in [1.807, 2.05) is 0 Å². The van der Waals surface area contributed by atoms with Gasteiger partial charge in [0.15, 0.2) is 6.10 Å². The van der Waals surface area contributed by atoms with Crippen LogP contribution in [0.1, 0.15) is 31.1 Å². The molecule has 4 N–H and O–H groups in total. The Hall–Kier alpha value is -2.00. The maximum absolute atomic E-state index is 11.4. The van der Waals surface area contributed by atoms with Gasteiger partial charge in [0.05, 0.1) is 11.9 Å². The van der Waals surface area contributed by atoms with Gasteiger partial charge in [-0.05, 0) is 32.9 Å². The molecule has 0 aliphatic carbocycles. The lowest BCUT2D eigenvalue weighted by atomic mass is 9.87. The lowest BCUT2D eigenvalue weighted by Gasteiger charge is -2.42. The highest BCUT2D eigenvalue weighted by Gasteiger charge is 2.45. The molecule has 1 aliphatic heterocycles. The monoisotopic (exact) mass is 344 g/mol. The van der Waals surface area contributed by atoms with Gasteiger partial charge in [0.1, 0.15) is 17.5 Å². The molecule has 0 radical (unpaired) electrons. The first-order valence-corrected chi connectivity index (χ1v) is 8.76. The van der Waals surface area contributed by atoms with Crippen LogP contribution in [0.3, 0.4) is 0 Å². The van der Waals surface area contributed by atoms with Crippen molar-refractivity contribution >= 4 is 21.8 Å². The van der Waals surface area contributed by atoms with Crippen LogP contribution in [0.5, 0.6) is 5.75 Å². The lowest BCUT2D eigenvalue weighted by molar-refractivity contribution is -0.113. The largest absolute Gasteiger partial charge is 0.484 e. The van der Waals surface area contributed by atoms with Crippen LogP contribution in [0.25, 0.3) is 0 Å². The normalized spacial score (nSPS) is 22.7. The van der Waals surface area contributed by atoms with Crippen LogP contribution in [0, 0.1) is 6.92 Å². The second-order valence-electron chi connectivity index (χ2n) is 6.04. The third kappa shape index (κ3) is 3.50. The summed E-state index contributed by atoms with van der Waals surface area (Å²) in [4.78, 5) is 11.1. The molecule has 1 unspecified atom stereocenters. The quantitative estimate of drug-likeness (QED) is 0.751. The van der Waals surface area contributed by atoms with E-state index in [1.165, 1.54) is 12.1 Å². The number of aliphatic hydroxyl groups is 1. The zero-order valence-electron chi connectivity index (χ0n) is 13.3. The van der Waals surface area contributed by atoms with Crippen LogP contribution in [0.15, 0.2) is 12.1 Å². The summed E-state index contributed by atoms with van der Waals surface area (Å²) in [5, 5.41) is 10.4. The number of anilines is 1. The van der Waals surface area contributed by atoms with Crippen molar-refractivity contribution in [2.45, 2.75) is 38.6 Å². The molecule has 2 atom stereocenters. The molecule has 8 nitrogen and oxygen atoms in total. The molecule has 0 saturated carbocycles. The average Bonchev–Trinajstić information content (AvgIpc) is 2.37. The summed E-state index contributed by atoms with van der Waals surface area (Å²) in [6.45, 7) is 4.93. The number of rotatable bonds is 3.